The third-order valence-electron chi connectivity index (χ3n) is 6.15. The molecule has 2 unspecified atom stereocenters. The van der Waals surface area contributed by atoms with Crippen LogP contribution in [0.1, 0.15) is 18.5 Å². The number of aromatic nitrogens is 5. The average Bonchev–Trinajstić information content (AvgIpc) is 3.41. The molecule has 32 heavy (non-hydrogen) atoms. The van der Waals surface area contributed by atoms with Crippen molar-refractivity contribution in [1.29, 1.82) is 0 Å². The molecule has 1 saturated heterocycles. The molecule has 170 valence electrons. The first-order valence-electron chi connectivity index (χ1n) is 10.3. The first-order chi connectivity index (χ1) is 15.3. The molecule has 4 heterocycles. The summed E-state index contributed by atoms with van der Waals surface area (Å²) in [5, 5.41) is 7.22. The molecule has 3 aromatic heterocycles. The number of nitrogens with zero attached hydrogens (tertiary/aromatic N) is 6. The third-order valence-corrected chi connectivity index (χ3v) is 6.15. The molecule has 2 fully saturated rings. The van der Waals surface area contributed by atoms with Gasteiger partial charge >= 0.3 is 6.18 Å². The smallest absolute Gasteiger partial charge is 0.369 e. The Morgan fingerprint density at radius 3 is 2.53 bits per heavy atom. The number of fused-ring (bicyclic) bond motifs is 2. The highest BCUT2D eigenvalue weighted by Gasteiger charge is 2.44. The van der Waals surface area contributed by atoms with Crippen LogP contribution in [0.15, 0.2) is 30.7 Å². The van der Waals surface area contributed by atoms with Crippen molar-refractivity contribution in [2.45, 2.75) is 38.0 Å². The Hall–Kier alpha value is -3.05. The van der Waals surface area contributed by atoms with Gasteiger partial charge in [-0.15, -0.1) is 0 Å². The van der Waals surface area contributed by atoms with Crippen LogP contribution >= 0.6 is 0 Å². The van der Waals surface area contributed by atoms with Crippen LogP contribution in [0, 0.1) is 11.8 Å². The predicted molar refractivity (Wildman–Crippen MR) is 106 cm³/mol. The maximum Gasteiger partial charge on any atom is 0.435 e. The molecule has 0 radical (unpaired) electrons. The van der Waals surface area contributed by atoms with Gasteiger partial charge in [0.25, 0.3) is 6.43 Å². The second-order valence-corrected chi connectivity index (χ2v) is 8.29. The number of nitrogens with one attached hydrogen (secondary N) is 1. The van der Waals surface area contributed by atoms with Gasteiger partial charge in [0.2, 0.25) is 0 Å². The zero-order valence-corrected chi connectivity index (χ0v) is 16.8. The van der Waals surface area contributed by atoms with Gasteiger partial charge in [-0.3, -0.25) is 0 Å². The van der Waals surface area contributed by atoms with E-state index < -0.39 is 24.8 Å². The van der Waals surface area contributed by atoms with Crippen molar-refractivity contribution in [3.63, 3.8) is 0 Å². The lowest BCUT2D eigenvalue weighted by Gasteiger charge is -2.24. The number of rotatable bonds is 5. The van der Waals surface area contributed by atoms with Gasteiger partial charge < -0.3 is 10.2 Å². The van der Waals surface area contributed by atoms with E-state index in [0.717, 1.165) is 23.7 Å². The van der Waals surface area contributed by atoms with Crippen LogP contribution in [0.25, 0.3) is 11.2 Å². The summed E-state index contributed by atoms with van der Waals surface area (Å²) < 4.78 is 66.6. The van der Waals surface area contributed by atoms with Crippen molar-refractivity contribution >= 4 is 22.7 Å². The molecule has 0 aromatic carbocycles. The SMILES string of the molecule is FC(F)Cn1ncc2ncc(NC3CC4CN(c5cccnc5C(F)(F)F)CC4C3)nc21. The first kappa shape index (κ1) is 20.8. The molecule has 1 aliphatic carbocycles. The van der Waals surface area contributed by atoms with Crippen LogP contribution in [-0.2, 0) is 12.7 Å². The summed E-state index contributed by atoms with van der Waals surface area (Å²) in [5.41, 5.74) is 0.00384. The topological polar surface area (TPSA) is 71.8 Å². The van der Waals surface area contributed by atoms with Gasteiger partial charge in [-0.2, -0.15) is 18.3 Å². The van der Waals surface area contributed by atoms with Gasteiger partial charge in [0.1, 0.15) is 17.9 Å². The molecule has 0 spiro atoms. The second kappa shape index (κ2) is 7.82. The minimum Gasteiger partial charge on any atom is -0.369 e. The number of alkyl halides is 5. The Labute approximate surface area is 179 Å². The molecule has 0 amide bonds. The number of anilines is 2. The summed E-state index contributed by atoms with van der Waals surface area (Å²) >= 11 is 0. The van der Waals surface area contributed by atoms with E-state index in [-0.39, 0.29) is 29.2 Å². The maximum atomic E-state index is 13.3. The normalized spacial score (nSPS) is 23.3. The van der Waals surface area contributed by atoms with E-state index in [2.05, 4.69) is 25.4 Å². The van der Waals surface area contributed by atoms with Crippen LogP contribution in [0.4, 0.5) is 33.5 Å². The first-order valence-corrected chi connectivity index (χ1v) is 10.3. The molecule has 7 nitrogen and oxygen atoms in total. The van der Waals surface area contributed by atoms with Crippen LogP contribution in [-0.4, -0.2) is 50.3 Å². The molecule has 1 saturated carbocycles. The molecule has 1 N–H and O–H groups in total. The Morgan fingerprint density at radius 1 is 1.09 bits per heavy atom. The summed E-state index contributed by atoms with van der Waals surface area (Å²) in [4.78, 5) is 14.0. The van der Waals surface area contributed by atoms with Crippen molar-refractivity contribution in [3.8, 4) is 0 Å². The number of hydrogen-bond acceptors (Lipinski definition) is 6. The summed E-state index contributed by atoms with van der Waals surface area (Å²) in [5.74, 6) is 0.964. The standard InChI is InChI=1S/C20H20F5N7/c21-16(22)10-32-19-14(6-28-32)27-7-17(30-19)29-13-4-11-8-31(9-12(11)5-13)15-2-1-3-26-18(15)20(23,24)25/h1-3,6-7,11-13,16H,4-5,8-10H2,(H,29,30). The van der Waals surface area contributed by atoms with E-state index in [0.29, 0.717) is 24.4 Å². The Morgan fingerprint density at radius 2 is 1.84 bits per heavy atom. The van der Waals surface area contributed by atoms with Gasteiger partial charge in [-0.05, 0) is 36.8 Å². The number of hydrogen-bond donors (Lipinski definition) is 1. The molecule has 5 rings (SSSR count). The highest BCUT2D eigenvalue weighted by Crippen LogP contribution is 2.43. The van der Waals surface area contributed by atoms with Gasteiger partial charge in [0.05, 0.1) is 18.1 Å². The highest BCUT2D eigenvalue weighted by molar-refractivity contribution is 5.71. The van der Waals surface area contributed by atoms with E-state index in [1.165, 1.54) is 18.3 Å². The van der Waals surface area contributed by atoms with Gasteiger partial charge in [-0.25, -0.2) is 28.4 Å². The Bertz CT molecular complexity index is 1100. The molecule has 2 aliphatic rings. The lowest BCUT2D eigenvalue weighted by atomic mass is 10.0. The summed E-state index contributed by atoms with van der Waals surface area (Å²) in [6, 6.07) is 3.08. The highest BCUT2D eigenvalue weighted by atomic mass is 19.4. The summed E-state index contributed by atoms with van der Waals surface area (Å²) in [6.45, 7) is 0.506. The zero-order valence-electron chi connectivity index (χ0n) is 16.8. The van der Waals surface area contributed by atoms with E-state index in [1.807, 2.05) is 0 Å². The fraction of sp³-hybridized carbons (Fsp3) is 0.500. The fourth-order valence-corrected chi connectivity index (χ4v) is 4.88. The van der Waals surface area contributed by atoms with Crippen molar-refractivity contribution in [1.82, 2.24) is 24.7 Å². The molecule has 2 atom stereocenters. The minimum atomic E-state index is -4.49. The molecular formula is C20H20F5N7. The lowest BCUT2D eigenvalue weighted by Crippen LogP contribution is -2.27. The molecule has 3 aromatic rings. The van der Waals surface area contributed by atoms with E-state index in [9.17, 15) is 22.0 Å². The minimum absolute atomic E-state index is 0.0846. The molecule has 12 heteroatoms. The summed E-state index contributed by atoms with van der Waals surface area (Å²) in [7, 11) is 0. The van der Waals surface area contributed by atoms with E-state index >= 15 is 0 Å². The predicted octanol–water partition coefficient (Wildman–Crippen LogP) is 3.83. The van der Waals surface area contributed by atoms with Crippen molar-refractivity contribution in [2.24, 2.45) is 11.8 Å². The average molecular weight is 453 g/mol. The molecule has 0 bridgehead atoms. The zero-order chi connectivity index (χ0) is 22.5. The van der Waals surface area contributed by atoms with Crippen molar-refractivity contribution in [3.05, 3.63) is 36.4 Å². The largest absolute Gasteiger partial charge is 0.435 e. The van der Waals surface area contributed by atoms with Gasteiger partial charge in [0.15, 0.2) is 11.3 Å². The monoisotopic (exact) mass is 453 g/mol. The quantitative estimate of drug-likeness (QED) is 0.592. The Balaban J connectivity index is 1.26. The molecule has 1 aliphatic heterocycles. The van der Waals surface area contributed by atoms with Crippen molar-refractivity contribution < 1.29 is 22.0 Å². The second-order valence-electron chi connectivity index (χ2n) is 8.29. The van der Waals surface area contributed by atoms with Crippen LogP contribution in [0.3, 0.4) is 0 Å². The van der Waals surface area contributed by atoms with E-state index in [1.54, 1.807) is 11.1 Å². The molecular weight excluding hydrogens is 433 g/mol. The number of pyridine rings is 1. The third kappa shape index (κ3) is 3.93. The van der Waals surface area contributed by atoms with Crippen LogP contribution in [0.5, 0.6) is 0 Å². The van der Waals surface area contributed by atoms with Crippen LogP contribution < -0.4 is 10.2 Å². The van der Waals surface area contributed by atoms with Crippen molar-refractivity contribution in [2.75, 3.05) is 23.3 Å². The van der Waals surface area contributed by atoms with Gasteiger partial charge in [-0.1, -0.05) is 0 Å². The van der Waals surface area contributed by atoms with Gasteiger partial charge in [0, 0.05) is 25.3 Å². The number of halogens is 5. The van der Waals surface area contributed by atoms with Crippen LogP contribution in [0.2, 0.25) is 0 Å². The Kier molecular flexibility index (Phi) is 5.09. The fourth-order valence-electron chi connectivity index (χ4n) is 4.88. The van der Waals surface area contributed by atoms with E-state index in [4.69, 9.17) is 0 Å². The maximum absolute atomic E-state index is 13.3. The lowest BCUT2D eigenvalue weighted by molar-refractivity contribution is -0.140. The summed E-state index contributed by atoms with van der Waals surface area (Å²) in [6.07, 6.45) is -1.39.